The van der Waals surface area contributed by atoms with E-state index in [-0.39, 0.29) is 17.5 Å². The Labute approximate surface area is 163 Å². The van der Waals surface area contributed by atoms with Crippen LogP contribution in [0, 0.1) is 5.92 Å². The van der Waals surface area contributed by atoms with Crippen molar-refractivity contribution >= 4 is 17.5 Å². The Morgan fingerprint density at radius 3 is 2.43 bits per heavy atom. The van der Waals surface area contributed by atoms with Crippen molar-refractivity contribution in [2.45, 2.75) is 31.6 Å². The fraction of sp³-hybridized carbons (Fsp3) is 0.261. The van der Waals surface area contributed by atoms with Gasteiger partial charge in [0.1, 0.15) is 11.7 Å². The molecule has 0 fully saturated rings. The molecule has 28 heavy (non-hydrogen) atoms. The first-order chi connectivity index (χ1) is 13.5. The first kappa shape index (κ1) is 18.2. The summed E-state index contributed by atoms with van der Waals surface area (Å²) in [4.78, 5) is 29.8. The lowest BCUT2D eigenvalue weighted by Crippen LogP contribution is -2.37. The Morgan fingerprint density at radius 1 is 1.04 bits per heavy atom. The third-order valence-corrected chi connectivity index (χ3v) is 5.65. The molecule has 2 aromatic rings. The van der Waals surface area contributed by atoms with E-state index in [1.54, 1.807) is 25.1 Å². The number of allylic oxidation sites excluding steroid dienone is 2. The Kier molecular flexibility index (Phi) is 4.59. The first-order valence-corrected chi connectivity index (χ1v) is 9.34. The zero-order valence-corrected chi connectivity index (χ0v) is 15.5. The van der Waals surface area contributed by atoms with E-state index in [1.165, 1.54) is 6.07 Å². The molecule has 0 aromatic heterocycles. The minimum atomic E-state index is -1.01. The maximum absolute atomic E-state index is 13.2. The second kappa shape index (κ2) is 7.08. The van der Waals surface area contributed by atoms with Gasteiger partial charge in [-0.1, -0.05) is 42.5 Å². The number of carbonyl (C=O) groups is 2. The number of nitrogens with zero attached hydrogens (tertiary/aromatic N) is 1. The van der Waals surface area contributed by atoms with Gasteiger partial charge >= 0.3 is 5.97 Å². The number of carbonyl (C=O) groups excluding carboxylic acids is 1. The van der Waals surface area contributed by atoms with Crippen molar-refractivity contribution < 1.29 is 19.8 Å². The van der Waals surface area contributed by atoms with Crippen molar-refractivity contribution in [3.8, 4) is 5.75 Å². The highest BCUT2D eigenvalue weighted by Gasteiger charge is 2.44. The molecule has 4 rings (SSSR count). The summed E-state index contributed by atoms with van der Waals surface area (Å²) in [5.74, 6) is -2.55. The molecule has 2 aliphatic rings. The van der Waals surface area contributed by atoms with Crippen molar-refractivity contribution in [2.24, 2.45) is 10.9 Å². The lowest BCUT2D eigenvalue weighted by molar-refractivity contribution is -0.139. The van der Waals surface area contributed by atoms with Gasteiger partial charge in [-0.3, -0.25) is 14.6 Å². The van der Waals surface area contributed by atoms with Gasteiger partial charge in [0.15, 0.2) is 5.78 Å². The Hall–Kier alpha value is -3.21. The van der Waals surface area contributed by atoms with Crippen molar-refractivity contribution in [2.75, 3.05) is 0 Å². The number of rotatable bonds is 3. The van der Waals surface area contributed by atoms with Crippen LogP contribution in [0.5, 0.6) is 5.75 Å². The summed E-state index contributed by atoms with van der Waals surface area (Å²) < 4.78 is 0. The summed E-state index contributed by atoms with van der Waals surface area (Å²) in [6.45, 7) is 1.70. The van der Waals surface area contributed by atoms with E-state index in [1.807, 2.05) is 30.3 Å². The minimum Gasteiger partial charge on any atom is -0.508 e. The van der Waals surface area contributed by atoms with Crippen molar-refractivity contribution in [3.05, 3.63) is 77.0 Å². The first-order valence-electron chi connectivity index (χ1n) is 9.34. The van der Waals surface area contributed by atoms with Crippen LogP contribution in [0.3, 0.4) is 0 Å². The zero-order valence-electron chi connectivity index (χ0n) is 15.5. The molecule has 0 saturated heterocycles. The van der Waals surface area contributed by atoms with Gasteiger partial charge in [-0.25, -0.2) is 0 Å². The van der Waals surface area contributed by atoms with Crippen LogP contribution in [0.25, 0.3) is 0 Å². The molecule has 3 unspecified atom stereocenters. The summed E-state index contributed by atoms with van der Waals surface area (Å²) in [6, 6.07) is 16.4. The predicted octanol–water partition coefficient (Wildman–Crippen LogP) is 4.05. The van der Waals surface area contributed by atoms with E-state index in [4.69, 9.17) is 0 Å². The van der Waals surface area contributed by atoms with Crippen LogP contribution >= 0.6 is 0 Å². The molecule has 0 radical (unpaired) electrons. The van der Waals surface area contributed by atoms with Crippen LogP contribution < -0.4 is 0 Å². The lowest BCUT2D eigenvalue weighted by atomic mass is 9.69. The minimum absolute atomic E-state index is 0.0372. The van der Waals surface area contributed by atoms with E-state index in [9.17, 15) is 19.8 Å². The van der Waals surface area contributed by atoms with Crippen LogP contribution in [0.2, 0.25) is 0 Å². The van der Waals surface area contributed by atoms with Crippen LogP contribution in [0.1, 0.15) is 42.7 Å². The molecule has 142 valence electrons. The van der Waals surface area contributed by atoms with Crippen LogP contribution in [-0.2, 0) is 9.59 Å². The van der Waals surface area contributed by atoms with E-state index in [0.717, 1.165) is 5.56 Å². The number of Topliss-reactive ketones (excluding diaryl/α,β-unsaturated/α-hetero) is 1. The van der Waals surface area contributed by atoms with Crippen molar-refractivity contribution in [1.82, 2.24) is 0 Å². The number of aliphatic imine (C=N–C) groups is 1. The number of carboxylic acids is 1. The third-order valence-electron chi connectivity index (χ3n) is 5.65. The summed E-state index contributed by atoms with van der Waals surface area (Å²) in [5.41, 5.74) is 3.36. The quantitative estimate of drug-likeness (QED) is 0.847. The zero-order chi connectivity index (χ0) is 19.8. The number of phenolic OH excluding ortho intramolecular Hbond substituents is 1. The third kappa shape index (κ3) is 3.13. The Morgan fingerprint density at radius 2 is 1.75 bits per heavy atom. The number of carboxylic acid groups (broad SMARTS) is 1. The molecule has 1 heterocycles. The van der Waals surface area contributed by atoms with E-state index in [0.29, 0.717) is 35.4 Å². The second-order valence-corrected chi connectivity index (χ2v) is 7.44. The molecular formula is C23H21NO4. The molecule has 5 heteroatoms. The fourth-order valence-electron chi connectivity index (χ4n) is 4.42. The standard InChI is InChI=1S/C23H21NO4/c1-13-20(23(27)28)21(15-8-5-9-17(25)10-15)22-18(24-13)11-16(12-19(22)26)14-6-3-2-4-7-14/h2-10,16,20-21,25H,11-12H2,1H3,(H,27,28). The maximum Gasteiger partial charge on any atom is 0.313 e. The monoisotopic (exact) mass is 375 g/mol. The highest BCUT2D eigenvalue weighted by Crippen LogP contribution is 2.46. The molecule has 1 aliphatic heterocycles. The number of hydrogen-bond acceptors (Lipinski definition) is 4. The fourth-order valence-corrected chi connectivity index (χ4v) is 4.42. The van der Waals surface area contributed by atoms with Gasteiger partial charge in [0.25, 0.3) is 0 Å². The van der Waals surface area contributed by atoms with Crippen molar-refractivity contribution in [1.29, 1.82) is 0 Å². The summed E-state index contributed by atoms with van der Waals surface area (Å²) >= 11 is 0. The summed E-state index contributed by atoms with van der Waals surface area (Å²) in [5, 5.41) is 19.7. The molecule has 0 spiro atoms. The average Bonchev–Trinajstić information content (AvgIpc) is 2.67. The number of hydrogen-bond donors (Lipinski definition) is 2. The molecular weight excluding hydrogens is 354 g/mol. The average molecular weight is 375 g/mol. The van der Waals surface area contributed by atoms with Gasteiger partial charge in [0, 0.05) is 29.3 Å². The van der Waals surface area contributed by atoms with Crippen molar-refractivity contribution in [3.63, 3.8) is 0 Å². The number of benzene rings is 2. The number of aliphatic carboxylic acids is 1. The predicted molar refractivity (Wildman–Crippen MR) is 106 cm³/mol. The number of ketones is 1. The SMILES string of the molecule is CC1=NC2=C(C(=O)CC(c3ccccc3)C2)C(c2cccc(O)c2)C1C(=O)O. The van der Waals surface area contributed by atoms with E-state index >= 15 is 0 Å². The largest absolute Gasteiger partial charge is 0.508 e. The smallest absolute Gasteiger partial charge is 0.313 e. The van der Waals surface area contributed by atoms with Crippen LogP contribution in [0.4, 0.5) is 0 Å². The van der Waals surface area contributed by atoms with Gasteiger partial charge in [-0.2, -0.15) is 0 Å². The molecule has 0 saturated carbocycles. The molecule has 5 nitrogen and oxygen atoms in total. The second-order valence-electron chi connectivity index (χ2n) is 7.44. The number of aromatic hydroxyl groups is 1. The molecule has 1 aliphatic carbocycles. The van der Waals surface area contributed by atoms with Crippen LogP contribution in [-0.4, -0.2) is 27.7 Å². The lowest BCUT2D eigenvalue weighted by Gasteiger charge is -2.36. The maximum atomic E-state index is 13.2. The van der Waals surface area contributed by atoms with E-state index in [2.05, 4.69) is 4.99 Å². The summed E-state index contributed by atoms with van der Waals surface area (Å²) in [7, 11) is 0. The van der Waals surface area contributed by atoms with E-state index < -0.39 is 17.8 Å². The van der Waals surface area contributed by atoms with Gasteiger partial charge < -0.3 is 10.2 Å². The molecule has 0 bridgehead atoms. The molecule has 0 amide bonds. The van der Waals surface area contributed by atoms with Gasteiger partial charge in [-0.15, -0.1) is 0 Å². The Balaban J connectivity index is 1.82. The number of phenols is 1. The Bertz CT molecular complexity index is 1010. The topological polar surface area (TPSA) is 87.0 Å². The highest BCUT2D eigenvalue weighted by atomic mass is 16.4. The van der Waals surface area contributed by atoms with Crippen LogP contribution in [0.15, 0.2) is 70.9 Å². The van der Waals surface area contributed by atoms with Gasteiger partial charge in [0.2, 0.25) is 0 Å². The molecule has 3 atom stereocenters. The molecule has 2 aromatic carbocycles. The van der Waals surface area contributed by atoms with Gasteiger partial charge in [-0.05, 0) is 42.5 Å². The molecule has 2 N–H and O–H groups in total. The summed E-state index contributed by atoms with van der Waals surface area (Å²) in [6.07, 6.45) is 0.934. The normalized spacial score (nSPS) is 24.5. The van der Waals surface area contributed by atoms with Gasteiger partial charge in [0.05, 0.1) is 0 Å². The highest BCUT2D eigenvalue weighted by molar-refractivity contribution is 6.08.